The van der Waals surface area contributed by atoms with Crippen LogP contribution in [0.2, 0.25) is 0 Å². The van der Waals surface area contributed by atoms with Gasteiger partial charge in [0.2, 0.25) is 0 Å². The van der Waals surface area contributed by atoms with Crippen LogP contribution in [0, 0.1) is 0 Å². The Morgan fingerprint density at radius 3 is 1.05 bits per heavy atom. The Bertz CT molecular complexity index is 597. The van der Waals surface area contributed by atoms with Crippen molar-refractivity contribution >= 4 is 29.0 Å². The van der Waals surface area contributed by atoms with Crippen molar-refractivity contribution in [3.63, 3.8) is 0 Å². The Hall–Kier alpha value is -1.32. The zero-order chi connectivity index (χ0) is 15.8. The van der Waals surface area contributed by atoms with Crippen LogP contribution in [0.1, 0.15) is 0 Å². The van der Waals surface area contributed by atoms with Crippen molar-refractivity contribution in [2.75, 3.05) is 0 Å². The lowest BCUT2D eigenvalue weighted by molar-refractivity contribution is 0.275. The third-order valence-corrected chi connectivity index (χ3v) is 1.66. The average molecular weight is 324 g/mol. The van der Waals surface area contributed by atoms with Gasteiger partial charge in [0.05, 0.1) is 0 Å². The van der Waals surface area contributed by atoms with Gasteiger partial charge in [0.25, 0.3) is 0 Å². The molecule has 0 amide bonds. The van der Waals surface area contributed by atoms with Gasteiger partial charge < -0.3 is 14.7 Å². The van der Waals surface area contributed by atoms with Crippen molar-refractivity contribution in [2.24, 2.45) is 0 Å². The predicted octanol–water partition coefficient (Wildman–Crippen LogP) is 1.26. The quantitative estimate of drug-likeness (QED) is 0.358. The van der Waals surface area contributed by atoms with E-state index in [9.17, 15) is 0 Å². The fourth-order valence-corrected chi connectivity index (χ4v) is 1.13. The number of benzene rings is 2. The van der Waals surface area contributed by atoms with Gasteiger partial charge >= 0.3 is 18.2 Å². The van der Waals surface area contributed by atoms with Gasteiger partial charge in [-0.25, -0.2) is 4.57 Å². The standard InChI is InChI=1S/C10H8.H3O4P.H2O4S/c1-2-6-10-8-4-3-7-9(10)5-1;2*1-5(2,3)4/h1-8H;(H3,1,2,3,4);(H2,1,2,3,4). The second-order valence-electron chi connectivity index (χ2n) is 3.31. The van der Waals surface area contributed by atoms with E-state index in [2.05, 4.69) is 48.5 Å². The minimum atomic E-state index is -4.67. The van der Waals surface area contributed by atoms with E-state index in [4.69, 9.17) is 36.8 Å². The Balaban J connectivity index is 0.000000310. The van der Waals surface area contributed by atoms with E-state index in [1.807, 2.05) is 0 Å². The first-order chi connectivity index (χ1) is 8.97. The summed E-state index contributed by atoms with van der Waals surface area (Å²) >= 11 is 0. The average Bonchev–Trinajstić information content (AvgIpc) is 2.25. The third kappa shape index (κ3) is 14.7. The maximum Gasteiger partial charge on any atom is 0.466 e. The van der Waals surface area contributed by atoms with Crippen LogP contribution in [0.25, 0.3) is 10.8 Å². The summed E-state index contributed by atoms with van der Waals surface area (Å²) in [5.74, 6) is 0. The smallest absolute Gasteiger partial charge is 0.303 e. The molecular weight excluding hydrogens is 311 g/mol. The summed E-state index contributed by atoms with van der Waals surface area (Å²) in [6.45, 7) is 0. The fraction of sp³-hybridized carbons (Fsp3) is 0. The van der Waals surface area contributed by atoms with Crippen LogP contribution in [0.4, 0.5) is 0 Å². The molecular formula is C10H13O8PS. The molecule has 5 N–H and O–H groups in total. The van der Waals surface area contributed by atoms with E-state index < -0.39 is 18.2 Å². The van der Waals surface area contributed by atoms with Gasteiger partial charge in [-0.15, -0.1) is 0 Å². The molecule has 0 saturated heterocycles. The second kappa shape index (κ2) is 8.08. The number of phosphoric acid groups is 1. The molecule has 0 spiro atoms. The lowest BCUT2D eigenvalue weighted by atomic mass is 10.1. The lowest BCUT2D eigenvalue weighted by Gasteiger charge is -1.92. The minimum Gasteiger partial charge on any atom is -0.303 e. The highest BCUT2D eigenvalue weighted by Crippen LogP contribution is 2.25. The summed E-state index contributed by atoms with van der Waals surface area (Å²) in [5.41, 5.74) is 0. The van der Waals surface area contributed by atoms with E-state index in [0.717, 1.165) is 0 Å². The molecule has 20 heavy (non-hydrogen) atoms. The van der Waals surface area contributed by atoms with Crippen molar-refractivity contribution in [3.8, 4) is 0 Å². The van der Waals surface area contributed by atoms with Crippen LogP contribution >= 0.6 is 7.82 Å². The summed E-state index contributed by atoms with van der Waals surface area (Å²) in [4.78, 5) is 21.6. The lowest BCUT2D eigenvalue weighted by Crippen LogP contribution is -1.89. The summed E-state index contributed by atoms with van der Waals surface area (Å²) < 4.78 is 40.5. The second-order valence-corrected chi connectivity index (χ2v) is 5.23. The summed E-state index contributed by atoms with van der Waals surface area (Å²) in [5, 5.41) is 2.62. The molecule has 0 aliphatic carbocycles. The number of hydrogen-bond acceptors (Lipinski definition) is 3. The van der Waals surface area contributed by atoms with Gasteiger partial charge in [-0.1, -0.05) is 48.5 Å². The minimum absolute atomic E-state index is 1.31. The van der Waals surface area contributed by atoms with Crippen LogP contribution in [0.5, 0.6) is 0 Å². The third-order valence-electron chi connectivity index (χ3n) is 1.66. The topological polar surface area (TPSA) is 152 Å². The summed E-state index contributed by atoms with van der Waals surface area (Å²) in [6.07, 6.45) is 0. The van der Waals surface area contributed by atoms with Gasteiger partial charge in [0.15, 0.2) is 0 Å². The maximum atomic E-state index is 8.88. The molecule has 0 aromatic heterocycles. The molecule has 0 heterocycles. The van der Waals surface area contributed by atoms with Gasteiger partial charge in [0.1, 0.15) is 0 Å². The molecule has 2 rings (SSSR count). The van der Waals surface area contributed by atoms with Crippen molar-refractivity contribution in [1.82, 2.24) is 0 Å². The molecule has 2 aromatic rings. The summed E-state index contributed by atoms with van der Waals surface area (Å²) in [7, 11) is -9.31. The SMILES string of the molecule is O=P(O)(O)O.O=S(=O)(O)O.c1ccc2ccccc2c1. The van der Waals surface area contributed by atoms with Gasteiger partial charge in [-0.05, 0) is 10.8 Å². The van der Waals surface area contributed by atoms with Gasteiger partial charge in [-0.2, -0.15) is 8.42 Å². The Kier molecular flexibility index (Phi) is 7.54. The van der Waals surface area contributed by atoms with Crippen molar-refractivity contribution < 1.29 is 36.8 Å². The van der Waals surface area contributed by atoms with Crippen LogP contribution < -0.4 is 0 Å². The highest BCUT2D eigenvalue weighted by molar-refractivity contribution is 7.79. The van der Waals surface area contributed by atoms with E-state index in [0.29, 0.717) is 0 Å². The largest absolute Gasteiger partial charge is 0.466 e. The summed E-state index contributed by atoms with van der Waals surface area (Å²) in [6, 6.07) is 16.7. The van der Waals surface area contributed by atoms with Crippen LogP contribution in [0.15, 0.2) is 48.5 Å². The Morgan fingerprint density at radius 2 is 0.900 bits per heavy atom. The number of fused-ring (bicyclic) bond motifs is 1. The van der Waals surface area contributed by atoms with Crippen molar-refractivity contribution in [2.45, 2.75) is 0 Å². The van der Waals surface area contributed by atoms with E-state index in [-0.39, 0.29) is 0 Å². The molecule has 0 radical (unpaired) electrons. The van der Waals surface area contributed by atoms with E-state index in [1.165, 1.54) is 10.8 Å². The number of hydrogen-bond donors (Lipinski definition) is 5. The highest BCUT2D eigenvalue weighted by atomic mass is 32.3. The van der Waals surface area contributed by atoms with Crippen LogP contribution in [-0.4, -0.2) is 32.2 Å². The molecule has 2 aromatic carbocycles. The zero-order valence-corrected chi connectivity index (χ0v) is 11.6. The zero-order valence-electron chi connectivity index (χ0n) is 9.94. The first-order valence-corrected chi connectivity index (χ1v) is 7.85. The molecule has 0 unspecified atom stereocenters. The van der Waals surface area contributed by atoms with Crippen molar-refractivity contribution in [1.29, 1.82) is 0 Å². The molecule has 10 heteroatoms. The van der Waals surface area contributed by atoms with Gasteiger partial charge in [-0.3, -0.25) is 9.11 Å². The van der Waals surface area contributed by atoms with Crippen LogP contribution in [0.3, 0.4) is 0 Å². The maximum absolute atomic E-state index is 8.88. The Labute approximate surface area is 115 Å². The molecule has 8 nitrogen and oxygen atoms in total. The molecule has 0 atom stereocenters. The monoisotopic (exact) mass is 324 g/mol. The highest BCUT2D eigenvalue weighted by Gasteiger charge is 2.00. The van der Waals surface area contributed by atoms with Gasteiger partial charge in [0, 0.05) is 0 Å². The molecule has 112 valence electrons. The molecule has 0 aliphatic rings. The van der Waals surface area contributed by atoms with Crippen LogP contribution in [-0.2, 0) is 15.0 Å². The Morgan fingerprint density at radius 1 is 0.750 bits per heavy atom. The predicted molar refractivity (Wildman–Crippen MR) is 72.4 cm³/mol. The van der Waals surface area contributed by atoms with E-state index in [1.54, 1.807) is 0 Å². The normalized spacial score (nSPS) is 10.8. The fourth-order valence-electron chi connectivity index (χ4n) is 1.13. The first-order valence-electron chi connectivity index (χ1n) is 4.89. The molecule has 0 bridgehead atoms. The van der Waals surface area contributed by atoms with Crippen molar-refractivity contribution in [3.05, 3.63) is 48.5 Å². The molecule has 0 saturated carbocycles. The molecule has 0 aliphatic heterocycles. The first kappa shape index (κ1) is 18.7. The molecule has 0 fully saturated rings. The number of rotatable bonds is 0. The van der Waals surface area contributed by atoms with E-state index >= 15 is 0 Å².